The van der Waals surface area contributed by atoms with Crippen LogP contribution < -0.4 is 0 Å². The molecule has 0 spiro atoms. The predicted molar refractivity (Wildman–Crippen MR) is 184 cm³/mol. The first-order valence-electron chi connectivity index (χ1n) is 17.5. The Morgan fingerprint density at radius 2 is 1.71 bits per heavy atom. The van der Waals surface area contributed by atoms with Gasteiger partial charge >= 0.3 is 24.1 Å². The van der Waals surface area contributed by atoms with Gasteiger partial charge in [0.15, 0.2) is 6.10 Å². The summed E-state index contributed by atoms with van der Waals surface area (Å²) in [7, 11) is 0. The van der Waals surface area contributed by atoms with Gasteiger partial charge in [-0.05, 0) is 62.9 Å². The molecule has 0 saturated carbocycles. The Morgan fingerprint density at radius 3 is 2.37 bits per heavy atom. The Morgan fingerprint density at radius 1 is 1.02 bits per heavy atom. The van der Waals surface area contributed by atoms with Crippen LogP contribution >= 0.6 is 0 Å². The smallest absolute Gasteiger partial charge is 0.461 e. The highest BCUT2D eigenvalue weighted by molar-refractivity contribution is 5.82. The molecule has 0 aromatic heterocycles. The molecule has 13 heteroatoms. The SMILES string of the molecule is C=CCOC(=O)O[C@@H](CC=CC(=O)O[C@@H]1OC(C(=O)OCC=C)[C@H](O)C(O)C1O)CC[C@@H]1[C@@H]2C(=C[C@@H](C)C[C@H]2OC(=O)C(C)(C)CC)C=C[C@@H]1C. The molecule has 1 heterocycles. The number of hydrogen-bond donors (Lipinski definition) is 3. The highest BCUT2D eigenvalue weighted by Gasteiger charge is 2.49. The molecule has 3 N–H and O–H groups in total. The van der Waals surface area contributed by atoms with E-state index in [2.05, 4.69) is 45.2 Å². The van der Waals surface area contributed by atoms with Crippen molar-refractivity contribution in [2.45, 2.75) is 110 Å². The lowest BCUT2D eigenvalue weighted by atomic mass is 9.65. The van der Waals surface area contributed by atoms with Gasteiger partial charge in [-0.3, -0.25) is 4.79 Å². The number of aliphatic hydroxyl groups excluding tert-OH is 3. The van der Waals surface area contributed by atoms with Crippen LogP contribution in [0.3, 0.4) is 0 Å². The first-order chi connectivity index (χ1) is 24.1. The molecule has 0 aromatic carbocycles. The Kier molecular flexibility index (Phi) is 15.6. The minimum atomic E-state index is -1.87. The molecule has 284 valence electrons. The summed E-state index contributed by atoms with van der Waals surface area (Å²) in [6.45, 7) is 16.6. The molecule has 0 aromatic rings. The Balaban J connectivity index is 1.72. The molecule has 1 fully saturated rings. The summed E-state index contributed by atoms with van der Waals surface area (Å²) < 4.78 is 32.1. The van der Waals surface area contributed by atoms with Crippen molar-refractivity contribution >= 4 is 24.1 Å². The minimum absolute atomic E-state index is 0.0506. The molecule has 3 unspecified atom stereocenters. The van der Waals surface area contributed by atoms with Gasteiger partial charge in [0.25, 0.3) is 0 Å². The highest BCUT2D eigenvalue weighted by Crippen LogP contribution is 2.45. The second kappa shape index (κ2) is 19.2. The van der Waals surface area contributed by atoms with Crippen LogP contribution in [0.15, 0.2) is 61.3 Å². The number of allylic oxidation sites excluding steroid dienone is 3. The fourth-order valence-corrected chi connectivity index (χ4v) is 6.40. The van der Waals surface area contributed by atoms with Gasteiger partial charge in [0.1, 0.15) is 43.7 Å². The number of fused-ring (bicyclic) bond motifs is 1. The Labute approximate surface area is 299 Å². The van der Waals surface area contributed by atoms with E-state index in [0.717, 1.165) is 11.6 Å². The van der Waals surface area contributed by atoms with Gasteiger partial charge in [0, 0.05) is 18.4 Å². The number of hydrogen-bond acceptors (Lipinski definition) is 13. The summed E-state index contributed by atoms with van der Waals surface area (Å²) in [5, 5.41) is 30.7. The molecule has 2 aliphatic carbocycles. The number of carbonyl (C=O) groups is 4. The molecule has 1 aliphatic heterocycles. The average molecular weight is 719 g/mol. The molecule has 51 heavy (non-hydrogen) atoms. The fraction of sp³-hybridized carbons (Fsp3) is 0.632. The van der Waals surface area contributed by atoms with Gasteiger partial charge in [-0.1, -0.05) is 70.4 Å². The summed E-state index contributed by atoms with van der Waals surface area (Å²) in [4.78, 5) is 50.6. The van der Waals surface area contributed by atoms with Crippen LogP contribution in [0.4, 0.5) is 4.79 Å². The molecule has 3 rings (SSSR count). The normalized spacial score (nSPS) is 31.0. The van der Waals surface area contributed by atoms with Gasteiger partial charge in [0.2, 0.25) is 6.29 Å². The maximum atomic E-state index is 13.2. The number of ether oxygens (including phenoxy) is 6. The zero-order valence-corrected chi connectivity index (χ0v) is 30.2. The first-order valence-corrected chi connectivity index (χ1v) is 17.5. The van der Waals surface area contributed by atoms with Crippen LogP contribution in [0.2, 0.25) is 0 Å². The van der Waals surface area contributed by atoms with Gasteiger partial charge in [0.05, 0.1) is 5.41 Å². The van der Waals surface area contributed by atoms with Crippen molar-refractivity contribution in [2.24, 2.45) is 29.1 Å². The van der Waals surface area contributed by atoms with Crippen LogP contribution in [-0.2, 0) is 42.8 Å². The second-order valence-corrected chi connectivity index (χ2v) is 14.0. The number of rotatable bonds is 16. The highest BCUT2D eigenvalue weighted by atomic mass is 16.7. The first kappa shape index (κ1) is 41.6. The number of aliphatic hydroxyl groups is 3. The standard InChI is InChI=1S/C38H54O13/c1-8-18-46-34(43)33-31(41)30(40)32(42)35(51-33)50-28(39)13-11-12-25(48-37(45)47-19-9-2)16-17-26-23(5)14-15-24-20-22(4)21-27(29(24)26)49-36(44)38(6,7)10-3/h8-9,11,13-15,20,22-23,25-27,29-33,35,40-42H,1-2,10,12,16-19,21H2,3-7H3/t22-,23+,25+,26+,27-,29+,30?,31-,32?,33?,35-/m1/s1. The van der Waals surface area contributed by atoms with Crippen LogP contribution in [0, 0.1) is 29.1 Å². The minimum Gasteiger partial charge on any atom is -0.461 e. The van der Waals surface area contributed by atoms with E-state index in [1.54, 1.807) is 0 Å². The quantitative estimate of drug-likeness (QED) is 0.0892. The van der Waals surface area contributed by atoms with Crippen LogP contribution in [-0.4, -0.2) is 95.5 Å². The Hall–Kier alpha value is -3.78. The summed E-state index contributed by atoms with van der Waals surface area (Å²) in [6.07, 6.45) is 2.98. The lowest BCUT2D eigenvalue weighted by Crippen LogP contribution is -2.60. The average Bonchev–Trinajstić information content (AvgIpc) is 3.09. The monoisotopic (exact) mass is 718 g/mol. The largest absolute Gasteiger partial charge is 0.508 e. The topological polar surface area (TPSA) is 184 Å². The summed E-state index contributed by atoms with van der Waals surface area (Å²) in [5.41, 5.74) is 0.505. The molecule has 1 saturated heterocycles. The third kappa shape index (κ3) is 11.4. The number of esters is 3. The second-order valence-electron chi connectivity index (χ2n) is 14.0. The molecule has 0 amide bonds. The van der Waals surface area contributed by atoms with E-state index in [-0.39, 0.29) is 55.4 Å². The van der Waals surface area contributed by atoms with E-state index in [9.17, 15) is 34.5 Å². The lowest BCUT2D eigenvalue weighted by Gasteiger charge is -2.44. The molecule has 13 nitrogen and oxygen atoms in total. The zero-order chi connectivity index (χ0) is 37.9. The van der Waals surface area contributed by atoms with E-state index >= 15 is 0 Å². The molecular formula is C38H54O13. The molecule has 0 bridgehead atoms. The van der Waals surface area contributed by atoms with Crippen molar-refractivity contribution < 1.29 is 62.9 Å². The van der Waals surface area contributed by atoms with Crippen LogP contribution in [0.25, 0.3) is 0 Å². The van der Waals surface area contributed by atoms with Crippen molar-refractivity contribution in [1.82, 2.24) is 0 Å². The van der Waals surface area contributed by atoms with E-state index < -0.39 is 60.3 Å². The molecular weight excluding hydrogens is 664 g/mol. The maximum Gasteiger partial charge on any atom is 0.508 e. The van der Waals surface area contributed by atoms with Crippen LogP contribution in [0.5, 0.6) is 0 Å². The molecule has 0 radical (unpaired) electrons. The zero-order valence-electron chi connectivity index (χ0n) is 30.2. The van der Waals surface area contributed by atoms with Gasteiger partial charge < -0.3 is 43.7 Å². The third-order valence-corrected chi connectivity index (χ3v) is 9.72. The van der Waals surface area contributed by atoms with Gasteiger partial charge in [-0.15, -0.1) is 0 Å². The Bertz CT molecular complexity index is 1330. The maximum absolute atomic E-state index is 13.2. The van der Waals surface area contributed by atoms with Crippen molar-refractivity contribution in [3.8, 4) is 0 Å². The van der Waals surface area contributed by atoms with E-state index in [1.165, 1.54) is 18.2 Å². The van der Waals surface area contributed by atoms with Crippen molar-refractivity contribution in [2.75, 3.05) is 13.2 Å². The molecule has 11 atom stereocenters. The van der Waals surface area contributed by atoms with Gasteiger partial charge in [-0.2, -0.15) is 0 Å². The summed E-state index contributed by atoms with van der Waals surface area (Å²) in [6, 6.07) is 0. The summed E-state index contributed by atoms with van der Waals surface area (Å²) in [5.74, 6) is -1.91. The lowest BCUT2D eigenvalue weighted by molar-refractivity contribution is -0.285. The van der Waals surface area contributed by atoms with Gasteiger partial charge in [-0.25, -0.2) is 14.4 Å². The summed E-state index contributed by atoms with van der Waals surface area (Å²) >= 11 is 0. The van der Waals surface area contributed by atoms with E-state index in [4.69, 9.17) is 28.4 Å². The van der Waals surface area contributed by atoms with E-state index in [1.807, 2.05) is 20.8 Å². The van der Waals surface area contributed by atoms with Crippen LogP contribution in [0.1, 0.15) is 66.7 Å². The fourth-order valence-electron chi connectivity index (χ4n) is 6.40. The van der Waals surface area contributed by atoms with Crippen molar-refractivity contribution in [3.05, 3.63) is 61.3 Å². The molecule has 3 aliphatic rings. The van der Waals surface area contributed by atoms with Crippen molar-refractivity contribution in [3.63, 3.8) is 0 Å². The predicted octanol–water partition coefficient (Wildman–Crippen LogP) is 4.25. The number of carbonyl (C=O) groups excluding carboxylic acids is 4. The van der Waals surface area contributed by atoms with E-state index in [0.29, 0.717) is 25.7 Å². The van der Waals surface area contributed by atoms with Crippen molar-refractivity contribution in [1.29, 1.82) is 0 Å². The third-order valence-electron chi connectivity index (χ3n) is 9.72.